The number of nitrogens with zero attached hydrogens (tertiary/aromatic N) is 3. The molecule has 1 saturated heterocycles. The van der Waals surface area contributed by atoms with Crippen LogP contribution in [-0.2, 0) is 9.59 Å². The van der Waals surface area contributed by atoms with Crippen LogP contribution in [0.2, 0.25) is 0 Å². The maximum atomic E-state index is 13.0. The molecular weight excluding hydrogens is 340 g/mol. The quantitative estimate of drug-likeness (QED) is 0.884. The number of piperidine rings is 1. The minimum atomic E-state index is 0.121. The fraction of sp³-hybridized carbons (Fsp3) is 0.762. The molecule has 3 aliphatic carbocycles. The van der Waals surface area contributed by atoms with Gasteiger partial charge in [-0.3, -0.25) is 9.59 Å². The lowest BCUT2D eigenvalue weighted by Gasteiger charge is -2.34. The molecule has 27 heavy (non-hydrogen) atoms. The van der Waals surface area contributed by atoms with Crippen LogP contribution in [-0.4, -0.2) is 39.6 Å². The van der Waals surface area contributed by atoms with E-state index in [1.54, 1.807) is 6.20 Å². The van der Waals surface area contributed by atoms with E-state index in [0.717, 1.165) is 51.0 Å². The van der Waals surface area contributed by atoms with Crippen LogP contribution >= 0.6 is 0 Å². The summed E-state index contributed by atoms with van der Waals surface area (Å²) in [4.78, 5) is 27.1. The summed E-state index contributed by atoms with van der Waals surface area (Å²) in [5.41, 5.74) is 0.369. The Morgan fingerprint density at radius 1 is 1.07 bits per heavy atom. The highest BCUT2D eigenvalue weighted by atomic mass is 16.2. The first-order chi connectivity index (χ1) is 13.2. The van der Waals surface area contributed by atoms with Gasteiger partial charge < -0.3 is 10.2 Å². The Hall–Kier alpha value is -1.85. The van der Waals surface area contributed by atoms with Crippen molar-refractivity contribution >= 4 is 17.6 Å². The number of rotatable bonds is 4. The van der Waals surface area contributed by atoms with Gasteiger partial charge in [0.1, 0.15) is 5.82 Å². The van der Waals surface area contributed by atoms with E-state index < -0.39 is 0 Å². The third-order valence-corrected chi connectivity index (χ3v) is 7.33. The molecule has 2 amide bonds. The normalized spacial score (nSPS) is 27.6. The molecule has 1 unspecified atom stereocenters. The lowest BCUT2D eigenvalue weighted by atomic mass is 9.84. The minimum absolute atomic E-state index is 0.121. The molecule has 146 valence electrons. The number of aromatic nitrogens is 2. The first-order valence-electron chi connectivity index (χ1n) is 10.8. The number of nitrogens with one attached hydrogen (secondary N) is 1. The highest BCUT2D eigenvalue weighted by molar-refractivity contribution is 5.93. The average Bonchev–Trinajstić information content (AvgIpc) is 3.61. The summed E-state index contributed by atoms with van der Waals surface area (Å²) in [6.07, 6.45) is 13.2. The van der Waals surface area contributed by atoms with Crippen molar-refractivity contribution in [2.24, 2.45) is 17.3 Å². The monoisotopic (exact) mass is 370 g/mol. The summed E-state index contributed by atoms with van der Waals surface area (Å²) in [6.45, 7) is 1.62. The molecule has 1 aromatic heterocycles. The zero-order chi connectivity index (χ0) is 18.4. The van der Waals surface area contributed by atoms with Gasteiger partial charge >= 0.3 is 0 Å². The second kappa shape index (κ2) is 6.64. The van der Waals surface area contributed by atoms with Crippen LogP contribution in [0.4, 0.5) is 5.82 Å². The molecule has 6 nitrogen and oxygen atoms in total. The van der Waals surface area contributed by atoms with E-state index in [1.165, 1.54) is 32.1 Å². The predicted molar refractivity (Wildman–Crippen MR) is 102 cm³/mol. The van der Waals surface area contributed by atoms with Crippen molar-refractivity contribution < 1.29 is 9.59 Å². The lowest BCUT2D eigenvalue weighted by Crippen LogP contribution is -2.41. The van der Waals surface area contributed by atoms with Gasteiger partial charge in [0.25, 0.3) is 0 Å². The second-order valence-electron chi connectivity index (χ2n) is 9.16. The molecule has 0 bridgehead atoms. The predicted octanol–water partition coefficient (Wildman–Crippen LogP) is 3.37. The van der Waals surface area contributed by atoms with Crippen molar-refractivity contribution in [2.45, 2.75) is 70.3 Å². The van der Waals surface area contributed by atoms with Gasteiger partial charge in [0.2, 0.25) is 11.8 Å². The van der Waals surface area contributed by atoms with Crippen LogP contribution in [0.15, 0.2) is 12.3 Å². The van der Waals surface area contributed by atoms with Crippen molar-refractivity contribution in [1.29, 1.82) is 0 Å². The third-order valence-electron chi connectivity index (χ3n) is 7.33. The largest absolute Gasteiger partial charge is 0.342 e. The molecule has 0 radical (unpaired) electrons. The van der Waals surface area contributed by atoms with E-state index in [-0.39, 0.29) is 17.9 Å². The topological polar surface area (TPSA) is 67.2 Å². The molecule has 5 rings (SSSR count). The van der Waals surface area contributed by atoms with Crippen LogP contribution in [0, 0.1) is 17.3 Å². The Morgan fingerprint density at radius 2 is 1.81 bits per heavy atom. The van der Waals surface area contributed by atoms with E-state index in [1.807, 2.05) is 10.7 Å². The summed E-state index contributed by atoms with van der Waals surface area (Å²) in [7, 11) is 0. The van der Waals surface area contributed by atoms with Gasteiger partial charge in [-0.05, 0) is 50.4 Å². The van der Waals surface area contributed by atoms with Crippen molar-refractivity contribution in [3.8, 4) is 0 Å². The summed E-state index contributed by atoms with van der Waals surface area (Å²) in [5, 5.41) is 7.49. The Balaban J connectivity index is 1.17. The zero-order valence-electron chi connectivity index (χ0n) is 16.0. The molecule has 1 spiro atoms. The molecule has 0 aromatic carbocycles. The van der Waals surface area contributed by atoms with Crippen LogP contribution in [0.25, 0.3) is 0 Å². The maximum Gasteiger partial charge on any atom is 0.228 e. The number of hydrogen-bond acceptors (Lipinski definition) is 3. The number of carbonyl (C=O) groups excluding carboxylic acids is 2. The number of carbonyl (C=O) groups is 2. The van der Waals surface area contributed by atoms with Crippen molar-refractivity contribution in [3.63, 3.8) is 0 Å². The van der Waals surface area contributed by atoms with Crippen molar-refractivity contribution in [3.05, 3.63) is 12.3 Å². The van der Waals surface area contributed by atoms with Crippen LogP contribution in [0.3, 0.4) is 0 Å². The molecule has 6 heteroatoms. The SMILES string of the molecule is O=C(Nc1ccnn1C1CCN(C(=O)C2CC23CCCCC3)CC1)C1CC1. The Labute approximate surface area is 160 Å². The Kier molecular flexibility index (Phi) is 4.25. The standard InChI is InChI=1S/C21H30N4O2/c26-19(15-4-5-15)23-18-6-11-22-25(18)16-7-12-24(13-8-16)20(27)17-14-21(17)9-2-1-3-10-21/h6,11,15-17H,1-5,7-10,12-14H2,(H,23,26). The molecule has 1 atom stereocenters. The van der Waals surface area contributed by atoms with Gasteiger partial charge in [-0.15, -0.1) is 0 Å². The number of hydrogen-bond donors (Lipinski definition) is 1. The lowest BCUT2D eigenvalue weighted by molar-refractivity contribution is -0.135. The fourth-order valence-electron chi connectivity index (χ4n) is 5.33. The Morgan fingerprint density at radius 3 is 2.52 bits per heavy atom. The van der Waals surface area contributed by atoms with Crippen LogP contribution in [0.5, 0.6) is 0 Å². The zero-order valence-corrected chi connectivity index (χ0v) is 16.0. The molecular formula is C21H30N4O2. The number of likely N-dealkylation sites (tertiary alicyclic amines) is 1. The highest BCUT2D eigenvalue weighted by Crippen LogP contribution is 2.62. The third kappa shape index (κ3) is 3.27. The molecule has 2 heterocycles. The molecule has 4 fully saturated rings. The van der Waals surface area contributed by atoms with Crippen LogP contribution in [0.1, 0.15) is 70.3 Å². The van der Waals surface area contributed by atoms with Gasteiger partial charge in [-0.2, -0.15) is 5.10 Å². The van der Waals surface area contributed by atoms with Gasteiger partial charge in [-0.25, -0.2) is 4.68 Å². The van der Waals surface area contributed by atoms with E-state index in [9.17, 15) is 9.59 Å². The minimum Gasteiger partial charge on any atom is -0.342 e. The summed E-state index contributed by atoms with van der Waals surface area (Å²) < 4.78 is 1.96. The molecule has 1 N–H and O–H groups in total. The number of anilines is 1. The smallest absolute Gasteiger partial charge is 0.228 e. The van der Waals surface area contributed by atoms with Gasteiger partial charge in [-0.1, -0.05) is 19.3 Å². The molecule has 1 aromatic rings. The van der Waals surface area contributed by atoms with Crippen molar-refractivity contribution in [2.75, 3.05) is 18.4 Å². The van der Waals surface area contributed by atoms with Crippen molar-refractivity contribution in [1.82, 2.24) is 14.7 Å². The molecule has 1 aliphatic heterocycles. The first kappa shape index (κ1) is 17.3. The molecule has 3 saturated carbocycles. The molecule has 4 aliphatic rings. The average molecular weight is 370 g/mol. The van der Waals surface area contributed by atoms with E-state index in [2.05, 4.69) is 15.3 Å². The van der Waals surface area contributed by atoms with Crippen LogP contribution < -0.4 is 5.32 Å². The summed E-state index contributed by atoms with van der Waals surface area (Å²) in [6, 6.07) is 2.15. The number of amides is 2. The van der Waals surface area contributed by atoms with E-state index in [0.29, 0.717) is 17.2 Å². The summed E-state index contributed by atoms with van der Waals surface area (Å²) >= 11 is 0. The summed E-state index contributed by atoms with van der Waals surface area (Å²) in [5.74, 6) is 1.82. The van der Waals surface area contributed by atoms with Gasteiger partial charge in [0.05, 0.1) is 12.2 Å². The van der Waals surface area contributed by atoms with Gasteiger partial charge in [0.15, 0.2) is 0 Å². The maximum absolute atomic E-state index is 13.0. The first-order valence-corrected chi connectivity index (χ1v) is 10.8. The van der Waals surface area contributed by atoms with Gasteiger partial charge in [0, 0.05) is 31.0 Å². The van der Waals surface area contributed by atoms with E-state index >= 15 is 0 Å². The highest BCUT2D eigenvalue weighted by Gasteiger charge is 2.58. The van der Waals surface area contributed by atoms with E-state index in [4.69, 9.17) is 0 Å². The Bertz CT molecular complexity index is 724. The second-order valence-corrected chi connectivity index (χ2v) is 9.16. The fourth-order valence-corrected chi connectivity index (χ4v) is 5.33.